The Kier molecular flexibility index (Phi) is 4.31. The van der Waals surface area contributed by atoms with Crippen molar-refractivity contribution in [1.82, 2.24) is 0 Å². The fourth-order valence-electron chi connectivity index (χ4n) is 2.56. The van der Waals surface area contributed by atoms with Crippen LogP contribution in [0.3, 0.4) is 0 Å². The number of hydrogen-bond donors (Lipinski definition) is 2. The molecule has 2 rings (SSSR count). The summed E-state index contributed by atoms with van der Waals surface area (Å²) in [6, 6.07) is 6.13. The van der Waals surface area contributed by atoms with Gasteiger partial charge in [-0.3, -0.25) is 4.79 Å². The van der Waals surface area contributed by atoms with Crippen molar-refractivity contribution in [3.63, 3.8) is 0 Å². The maximum atomic E-state index is 13.4. The van der Waals surface area contributed by atoms with E-state index in [0.717, 1.165) is 25.7 Å². The van der Waals surface area contributed by atoms with E-state index in [2.05, 4.69) is 5.32 Å². The summed E-state index contributed by atoms with van der Waals surface area (Å²) in [4.78, 5) is 12.1. The molecule has 1 aliphatic rings. The molecular weight excluding hydrogens is 233 g/mol. The van der Waals surface area contributed by atoms with Crippen LogP contribution in [-0.2, 0) is 4.79 Å². The van der Waals surface area contributed by atoms with Gasteiger partial charge in [-0.15, -0.1) is 0 Å². The smallest absolute Gasteiger partial charge is 0.227 e. The second-order valence-corrected chi connectivity index (χ2v) is 4.80. The quantitative estimate of drug-likeness (QED) is 0.867. The van der Waals surface area contributed by atoms with Gasteiger partial charge in [-0.25, -0.2) is 4.39 Å². The second-order valence-electron chi connectivity index (χ2n) is 4.80. The average Bonchev–Trinajstić information content (AvgIpc) is 2.41. The molecule has 2 unspecified atom stereocenters. The van der Waals surface area contributed by atoms with Crippen LogP contribution in [0.1, 0.15) is 25.7 Å². The van der Waals surface area contributed by atoms with Crippen LogP contribution in [0.5, 0.6) is 0 Å². The van der Waals surface area contributed by atoms with Crippen molar-refractivity contribution in [3.8, 4) is 0 Å². The van der Waals surface area contributed by atoms with Gasteiger partial charge in [0.05, 0.1) is 5.69 Å². The van der Waals surface area contributed by atoms with Gasteiger partial charge in [0.15, 0.2) is 0 Å². The van der Waals surface area contributed by atoms with E-state index in [1.165, 1.54) is 6.07 Å². The molecule has 18 heavy (non-hydrogen) atoms. The molecular formula is C14H18FNO2. The van der Waals surface area contributed by atoms with E-state index in [4.69, 9.17) is 0 Å². The van der Waals surface area contributed by atoms with Gasteiger partial charge in [0.2, 0.25) is 5.91 Å². The zero-order chi connectivity index (χ0) is 13.0. The molecule has 1 saturated carbocycles. The highest BCUT2D eigenvalue weighted by molar-refractivity contribution is 5.92. The van der Waals surface area contributed by atoms with E-state index in [1.54, 1.807) is 18.2 Å². The highest BCUT2D eigenvalue weighted by Gasteiger charge is 2.30. The summed E-state index contributed by atoms with van der Waals surface area (Å²) in [7, 11) is 0. The van der Waals surface area contributed by atoms with Crippen molar-refractivity contribution in [3.05, 3.63) is 30.1 Å². The third-order valence-corrected chi connectivity index (χ3v) is 3.61. The van der Waals surface area contributed by atoms with Crippen molar-refractivity contribution < 1.29 is 14.3 Å². The summed E-state index contributed by atoms with van der Waals surface area (Å²) in [6.45, 7) is 0.0232. The average molecular weight is 251 g/mol. The lowest BCUT2D eigenvalue weighted by molar-refractivity contribution is -0.123. The summed E-state index contributed by atoms with van der Waals surface area (Å²) in [6.07, 6.45) is 3.68. The largest absolute Gasteiger partial charge is 0.396 e. The molecule has 0 spiro atoms. The summed E-state index contributed by atoms with van der Waals surface area (Å²) in [5, 5.41) is 11.9. The van der Waals surface area contributed by atoms with Crippen LogP contribution in [0.2, 0.25) is 0 Å². The molecule has 0 aromatic heterocycles. The summed E-state index contributed by atoms with van der Waals surface area (Å²) >= 11 is 0. The van der Waals surface area contributed by atoms with Crippen LogP contribution in [-0.4, -0.2) is 17.6 Å². The van der Waals surface area contributed by atoms with Crippen molar-refractivity contribution in [1.29, 1.82) is 0 Å². The minimum absolute atomic E-state index is 0.00511. The zero-order valence-corrected chi connectivity index (χ0v) is 10.2. The first kappa shape index (κ1) is 13.0. The topological polar surface area (TPSA) is 49.3 Å². The molecule has 1 aromatic rings. The van der Waals surface area contributed by atoms with Crippen molar-refractivity contribution in [2.75, 3.05) is 11.9 Å². The first-order valence-corrected chi connectivity index (χ1v) is 6.38. The van der Waals surface area contributed by atoms with Gasteiger partial charge in [0, 0.05) is 12.5 Å². The molecule has 1 aliphatic carbocycles. The number of carbonyl (C=O) groups is 1. The molecule has 1 fully saturated rings. The van der Waals surface area contributed by atoms with E-state index in [-0.39, 0.29) is 30.0 Å². The highest BCUT2D eigenvalue weighted by atomic mass is 19.1. The lowest BCUT2D eigenvalue weighted by Crippen LogP contribution is -2.33. The van der Waals surface area contributed by atoms with Gasteiger partial charge in [0.1, 0.15) is 5.82 Å². The van der Waals surface area contributed by atoms with Crippen molar-refractivity contribution in [2.45, 2.75) is 25.7 Å². The normalized spacial score (nSPS) is 23.7. The highest BCUT2D eigenvalue weighted by Crippen LogP contribution is 2.30. The van der Waals surface area contributed by atoms with Crippen LogP contribution in [0.15, 0.2) is 24.3 Å². The second kappa shape index (κ2) is 5.96. The predicted octanol–water partition coefficient (Wildman–Crippen LogP) is 2.56. The number of hydrogen-bond acceptors (Lipinski definition) is 2. The Morgan fingerprint density at radius 3 is 2.78 bits per heavy atom. The standard InChI is InChI=1S/C14H18FNO2/c15-12-7-3-4-8-13(12)16-14(18)11-6-2-1-5-10(11)9-17/h3-4,7-8,10-11,17H,1-2,5-6,9H2,(H,16,18). The number of amides is 1. The van der Waals surface area contributed by atoms with Crippen LogP contribution in [0.4, 0.5) is 10.1 Å². The molecule has 0 radical (unpaired) electrons. The first-order chi connectivity index (χ1) is 8.72. The molecule has 98 valence electrons. The molecule has 1 aromatic carbocycles. The molecule has 1 amide bonds. The van der Waals surface area contributed by atoms with Gasteiger partial charge in [-0.2, -0.15) is 0 Å². The van der Waals surface area contributed by atoms with Crippen LogP contribution < -0.4 is 5.32 Å². The van der Waals surface area contributed by atoms with Crippen molar-refractivity contribution in [2.24, 2.45) is 11.8 Å². The van der Waals surface area contributed by atoms with E-state index in [9.17, 15) is 14.3 Å². The third-order valence-electron chi connectivity index (χ3n) is 3.61. The lowest BCUT2D eigenvalue weighted by atomic mass is 9.79. The molecule has 0 saturated heterocycles. The zero-order valence-electron chi connectivity index (χ0n) is 10.2. The third kappa shape index (κ3) is 2.88. The Morgan fingerprint density at radius 1 is 1.33 bits per heavy atom. The Balaban J connectivity index is 2.05. The lowest BCUT2D eigenvalue weighted by Gasteiger charge is -2.29. The number of nitrogens with one attached hydrogen (secondary N) is 1. The predicted molar refractivity (Wildman–Crippen MR) is 67.6 cm³/mol. The van der Waals surface area contributed by atoms with E-state index in [1.807, 2.05) is 0 Å². The Labute approximate surface area is 106 Å². The molecule has 0 heterocycles. The number of anilines is 1. The Hall–Kier alpha value is -1.42. The molecule has 2 atom stereocenters. The van der Waals surface area contributed by atoms with Crippen LogP contribution >= 0.6 is 0 Å². The molecule has 0 aliphatic heterocycles. The van der Waals surface area contributed by atoms with Gasteiger partial charge in [-0.1, -0.05) is 25.0 Å². The van der Waals surface area contributed by atoms with Crippen molar-refractivity contribution >= 4 is 11.6 Å². The van der Waals surface area contributed by atoms with Gasteiger partial charge >= 0.3 is 0 Å². The first-order valence-electron chi connectivity index (χ1n) is 6.38. The van der Waals surface area contributed by atoms with Gasteiger partial charge in [0.25, 0.3) is 0 Å². The van der Waals surface area contributed by atoms with Gasteiger partial charge < -0.3 is 10.4 Å². The summed E-state index contributed by atoms with van der Waals surface area (Å²) in [5.74, 6) is -0.810. The molecule has 4 heteroatoms. The molecule has 0 bridgehead atoms. The fraction of sp³-hybridized carbons (Fsp3) is 0.500. The molecule has 2 N–H and O–H groups in total. The number of halogens is 1. The number of carbonyl (C=O) groups excluding carboxylic acids is 1. The Morgan fingerprint density at radius 2 is 2.06 bits per heavy atom. The SMILES string of the molecule is O=C(Nc1ccccc1F)C1CCCCC1CO. The van der Waals surface area contributed by atoms with Gasteiger partial charge in [-0.05, 0) is 30.9 Å². The summed E-state index contributed by atoms with van der Waals surface area (Å²) in [5.41, 5.74) is 0.213. The fourth-order valence-corrected chi connectivity index (χ4v) is 2.56. The monoisotopic (exact) mass is 251 g/mol. The van der Waals surface area contributed by atoms with E-state index in [0.29, 0.717) is 0 Å². The number of aliphatic hydroxyl groups is 1. The molecule has 3 nitrogen and oxygen atoms in total. The Bertz CT molecular complexity index is 422. The van der Waals surface area contributed by atoms with E-state index >= 15 is 0 Å². The minimum atomic E-state index is -0.429. The number of rotatable bonds is 3. The number of benzene rings is 1. The van der Waals surface area contributed by atoms with Crippen LogP contribution in [0, 0.1) is 17.7 Å². The number of aliphatic hydroxyl groups excluding tert-OH is 1. The minimum Gasteiger partial charge on any atom is -0.396 e. The maximum Gasteiger partial charge on any atom is 0.227 e. The van der Waals surface area contributed by atoms with E-state index < -0.39 is 5.82 Å². The van der Waals surface area contributed by atoms with Crippen LogP contribution in [0.25, 0.3) is 0 Å². The number of para-hydroxylation sites is 1. The summed E-state index contributed by atoms with van der Waals surface area (Å²) < 4.78 is 13.4. The maximum absolute atomic E-state index is 13.4.